The van der Waals surface area contributed by atoms with Crippen LogP contribution in [0.3, 0.4) is 0 Å². The van der Waals surface area contributed by atoms with Crippen molar-refractivity contribution in [2.45, 2.75) is 4.90 Å². The van der Waals surface area contributed by atoms with Crippen LogP contribution in [-0.4, -0.2) is 16.7 Å². The van der Waals surface area contributed by atoms with Gasteiger partial charge in [0, 0.05) is 16.0 Å². The zero-order valence-electron chi connectivity index (χ0n) is 12.5. The maximum Gasteiger partial charge on any atom is 0.243 e. The van der Waals surface area contributed by atoms with E-state index in [0.29, 0.717) is 5.56 Å². The minimum Gasteiger partial charge on any atom is -0.506 e. The average molecular weight is 332 g/mol. The molecule has 0 aliphatic heterocycles. The van der Waals surface area contributed by atoms with Gasteiger partial charge in [-0.05, 0) is 22.9 Å². The molecule has 0 bridgehead atoms. The summed E-state index contributed by atoms with van der Waals surface area (Å²) in [6.07, 6.45) is 0. The number of allylic oxidation sites excluding steroid dienone is 1. The number of rotatable bonds is 2. The number of ketones is 2. The molecule has 0 unspecified atom stereocenters. The third-order valence-corrected chi connectivity index (χ3v) is 5.07. The second kappa shape index (κ2) is 5.65. The van der Waals surface area contributed by atoms with Gasteiger partial charge in [-0.25, -0.2) is 0 Å². The average Bonchev–Trinajstić information content (AvgIpc) is 2.63. The van der Waals surface area contributed by atoms with Crippen molar-refractivity contribution in [2.75, 3.05) is 0 Å². The van der Waals surface area contributed by atoms with E-state index in [9.17, 15) is 14.7 Å². The van der Waals surface area contributed by atoms with Gasteiger partial charge in [-0.2, -0.15) is 0 Å². The van der Waals surface area contributed by atoms with E-state index in [0.717, 1.165) is 27.4 Å². The molecule has 24 heavy (non-hydrogen) atoms. The Labute approximate surface area is 142 Å². The van der Waals surface area contributed by atoms with E-state index in [2.05, 4.69) is 0 Å². The number of hydrogen-bond acceptors (Lipinski definition) is 4. The minimum absolute atomic E-state index is 0.0778. The van der Waals surface area contributed by atoms with Crippen molar-refractivity contribution < 1.29 is 14.7 Å². The number of hydrogen-bond donors (Lipinski definition) is 1. The maximum atomic E-state index is 12.4. The standard InChI is InChI=1S/C20H12O3S/c21-17-15-7-3-4-8-16(15)18(22)20(19(17)23)24-14-10-9-12-5-1-2-6-13(12)11-14/h1-11,22H. The van der Waals surface area contributed by atoms with Gasteiger partial charge in [0.15, 0.2) is 0 Å². The van der Waals surface area contributed by atoms with E-state index in [1.807, 2.05) is 42.5 Å². The molecule has 3 nitrogen and oxygen atoms in total. The molecular formula is C20H12O3S. The Hall–Kier alpha value is -2.85. The lowest BCUT2D eigenvalue weighted by molar-refractivity contribution is -0.111. The molecule has 0 heterocycles. The molecule has 4 rings (SSSR count). The molecule has 4 heteroatoms. The van der Waals surface area contributed by atoms with Crippen LogP contribution in [0.4, 0.5) is 0 Å². The summed E-state index contributed by atoms with van der Waals surface area (Å²) in [5, 5.41) is 12.6. The van der Waals surface area contributed by atoms with Crippen LogP contribution in [0.15, 0.2) is 76.5 Å². The largest absolute Gasteiger partial charge is 0.506 e. The number of aliphatic hydroxyl groups excluding tert-OH is 1. The van der Waals surface area contributed by atoms with Gasteiger partial charge in [0.2, 0.25) is 11.6 Å². The zero-order valence-corrected chi connectivity index (χ0v) is 13.3. The fourth-order valence-electron chi connectivity index (χ4n) is 2.79. The highest BCUT2D eigenvalue weighted by atomic mass is 32.2. The summed E-state index contributed by atoms with van der Waals surface area (Å²) in [6, 6.07) is 20.3. The number of carbonyl (C=O) groups is 2. The summed E-state index contributed by atoms with van der Waals surface area (Å²) in [6.45, 7) is 0. The number of aliphatic hydroxyl groups is 1. The third kappa shape index (κ3) is 2.32. The monoisotopic (exact) mass is 332 g/mol. The number of Topliss-reactive ketones (excluding diaryl/α,β-unsaturated/α-hetero) is 2. The molecule has 0 radical (unpaired) electrons. The first-order valence-electron chi connectivity index (χ1n) is 7.43. The summed E-state index contributed by atoms with van der Waals surface area (Å²) in [5.41, 5.74) is 0.660. The van der Waals surface area contributed by atoms with E-state index >= 15 is 0 Å². The number of fused-ring (bicyclic) bond motifs is 2. The molecule has 0 spiro atoms. The van der Waals surface area contributed by atoms with Crippen LogP contribution in [0.25, 0.3) is 16.5 Å². The van der Waals surface area contributed by atoms with Crippen LogP contribution in [0.2, 0.25) is 0 Å². The Kier molecular flexibility index (Phi) is 3.47. The second-order valence-electron chi connectivity index (χ2n) is 5.49. The smallest absolute Gasteiger partial charge is 0.243 e. The van der Waals surface area contributed by atoms with E-state index in [1.54, 1.807) is 24.3 Å². The topological polar surface area (TPSA) is 54.4 Å². The van der Waals surface area contributed by atoms with Crippen LogP contribution in [0, 0.1) is 0 Å². The molecular weight excluding hydrogens is 320 g/mol. The summed E-state index contributed by atoms with van der Waals surface area (Å²) in [4.78, 5) is 25.5. The van der Waals surface area contributed by atoms with Gasteiger partial charge < -0.3 is 5.11 Å². The number of carbonyl (C=O) groups excluding carboxylic acids is 2. The van der Waals surface area contributed by atoms with E-state index in [-0.39, 0.29) is 16.2 Å². The van der Waals surface area contributed by atoms with Gasteiger partial charge >= 0.3 is 0 Å². The van der Waals surface area contributed by atoms with Gasteiger partial charge in [-0.3, -0.25) is 9.59 Å². The van der Waals surface area contributed by atoms with Gasteiger partial charge in [0.1, 0.15) is 10.7 Å². The fourth-order valence-corrected chi connectivity index (χ4v) is 3.74. The Morgan fingerprint density at radius 3 is 2.17 bits per heavy atom. The lowest BCUT2D eigenvalue weighted by Crippen LogP contribution is -2.22. The predicted molar refractivity (Wildman–Crippen MR) is 95.1 cm³/mol. The van der Waals surface area contributed by atoms with E-state index in [1.165, 1.54) is 0 Å². The molecule has 116 valence electrons. The molecule has 1 N–H and O–H groups in total. The van der Waals surface area contributed by atoms with Crippen molar-refractivity contribution in [3.05, 3.63) is 82.8 Å². The van der Waals surface area contributed by atoms with Gasteiger partial charge in [-0.15, -0.1) is 0 Å². The highest BCUT2D eigenvalue weighted by molar-refractivity contribution is 8.04. The second-order valence-corrected chi connectivity index (χ2v) is 6.58. The number of thioether (sulfide) groups is 1. The summed E-state index contributed by atoms with van der Waals surface area (Å²) in [7, 11) is 0. The van der Waals surface area contributed by atoms with E-state index in [4.69, 9.17) is 0 Å². The Morgan fingerprint density at radius 2 is 1.38 bits per heavy atom. The van der Waals surface area contributed by atoms with Crippen molar-refractivity contribution in [1.82, 2.24) is 0 Å². The third-order valence-electron chi connectivity index (χ3n) is 4.00. The highest BCUT2D eigenvalue weighted by Crippen LogP contribution is 2.38. The van der Waals surface area contributed by atoms with Crippen LogP contribution in [-0.2, 0) is 4.79 Å². The van der Waals surface area contributed by atoms with Crippen LogP contribution >= 0.6 is 11.8 Å². The van der Waals surface area contributed by atoms with Gasteiger partial charge in [-0.1, -0.05) is 66.4 Å². The first-order chi connectivity index (χ1) is 11.6. The Bertz CT molecular complexity index is 1030. The van der Waals surface area contributed by atoms with Crippen LogP contribution in [0.1, 0.15) is 15.9 Å². The lowest BCUT2D eigenvalue weighted by Gasteiger charge is -2.17. The van der Waals surface area contributed by atoms with E-state index < -0.39 is 11.6 Å². The molecule has 1 aliphatic carbocycles. The minimum atomic E-state index is -0.663. The molecule has 0 fully saturated rings. The molecule has 0 atom stereocenters. The molecule has 1 aliphatic rings. The van der Waals surface area contributed by atoms with Crippen LogP contribution in [0.5, 0.6) is 0 Å². The molecule has 3 aromatic carbocycles. The first kappa shape index (κ1) is 14.7. The Balaban J connectivity index is 1.80. The van der Waals surface area contributed by atoms with Crippen molar-refractivity contribution in [3.8, 4) is 0 Å². The van der Waals surface area contributed by atoms with Gasteiger partial charge in [0.25, 0.3) is 0 Å². The summed E-state index contributed by atoms with van der Waals surface area (Å²) in [5.74, 6) is -1.37. The summed E-state index contributed by atoms with van der Waals surface area (Å²) < 4.78 is 0. The fraction of sp³-hybridized carbons (Fsp3) is 0. The lowest BCUT2D eigenvalue weighted by atomic mass is 9.94. The quantitative estimate of drug-likeness (QED) is 0.696. The predicted octanol–water partition coefficient (Wildman–Crippen LogP) is 4.62. The zero-order chi connectivity index (χ0) is 16.7. The highest BCUT2D eigenvalue weighted by Gasteiger charge is 2.33. The van der Waals surface area contributed by atoms with Crippen LogP contribution < -0.4 is 0 Å². The maximum absolute atomic E-state index is 12.4. The molecule has 3 aromatic rings. The van der Waals surface area contributed by atoms with Crippen molar-refractivity contribution in [3.63, 3.8) is 0 Å². The molecule has 0 saturated heterocycles. The van der Waals surface area contributed by atoms with Crippen molar-refractivity contribution in [2.24, 2.45) is 0 Å². The SMILES string of the molecule is O=C1C(=O)c2ccccc2C(O)=C1Sc1ccc2ccccc2c1. The van der Waals surface area contributed by atoms with Gasteiger partial charge in [0.05, 0.1) is 0 Å². The molecule has 0 amide bonds. The molecule has 0 aromatic heterocycles. The van der Waals surface area contributed by atoms with Crippen molar-refractivity contribution in [1.29, 1.82) is 0 Å². The normalized spacial score (nSPS) is 14.2. The summed E-state index contributed by atoms with van der Waals surface area (Å²) >= 11 is 1.12. The number of benzene rings is 3. The van der Waals surface area contributed by atoms with Crippen molar-refractivity contribution >= 4 is 39.9 Å². The molecule has 0 saturated carbocycles. The Morgan fingerprint density at radius 1 is 0.708 bits per heavy atom. The first-order valence-corrected chi connectivity index (χ1v) is 8.25.